The maximum absolute atomic E-state index is 12.2. The summed E-state index contributed by atoms with van der Waals surface area (Å²) in [4.78, 5) is 24.3. The van der Waals surface area contributed by atoms with Gasteiger partial charge in [0.05, 0.1) is 24.0 Å². The summed E-state index contributed by atoms with van der Waals surface area (Å²) in [6.07, 6.45) is 4.68. The fourth-order valence-electron chi connectivity index (χ4n) is 3.04. The molecule has 0 bridgehead atoms. The molecule has 1 fully saturated rings. The first-order valence-corrected chi connectivity index (χ1v) is 7.19. The van der Waals surface area contributed by atoms with Crippen LogP contribution >= 0.6 is 0 Å². The van der Waals surface area contributed by atoms with E-state index in [4.69, 9.17) is 10.00 Å². The molecular formula is C15H23NO3. The summed E-state index contributed by atoms with van der Waals surface area (Å²) in [6.45, 7) is 4.18. The van der Waals surface area contributed by atoms with Gasteiger partial charge < -0.3 is 4.74 Å². The average Bonchev–Trinajstić information content (AvgIpc) is 2.69. The van der Waals surface area contributed by atoms with Gasteiger partial charge in [0.15, 0.2) is 0 Å². The molecule has 4 nitrogen and oxygen atoms in total. The van der Waals surface area contributed by atoms with Crippen molar-refractivity contribution in [1.82, 2.24) is 0 Å². The Hall–Kier alpha value is -1.37. The van der Waals surface area contributed by atoms with E-state index in [0.717, 1.165) is 19.3 Å². The van der Waals surface area contributed by atoms with Gasteiger partial charge in [-0.05, 0) is 19.8 Å². The number of unbranched alkanes of at least 4 members (excludes halogenated alkanes) is 2. The van der Waals surface area contributed by atoms with E-state index in [2.05, 4.69) is 13.0 Å². The molecule has 0 heterocycles. The Morgan fingerprint density at radius 2 is 2.21 bits per heavy atom. The van der Waals surface area contributed by atoms with Gasteiger partial charge in [0.25, 0.3) is 0 Å². The van der Waals surface area contributed by atoms with Crippen LogP contribution in [-0.4, -0.2) is 18.4 Å². The predicted molar refractivity (Wildman–Crippen MR) is 71.2 cm³/mol. The Kier molecular flexibility index (Phi) is 6.01. The van der Waals surface area contributed by atoms with Crippen molar-refractivity contribution in [2.75, 3.05) is 6.61 Å². The standard InChI is InChI=1S/C15H23NO3/c1-3-5-6-9-15(10-11-16)12(7-8-13(15)17)14(18)19-4-2/h12H,3-10H2,1-2H3. The lowest BCUT2D eigenvalue weighted by atomic mass is 9.71. The van der Waals surface area contributed by atoms with Gasteiger partial charge in [-0.15, -0.1) is 0 Å². The topological polar surface area (TPSA) is 67.2 Å². The number of ether oxygens (including phenoxy) is 1. The number of rotatable bonds is 7. The zero-order valence-electron chi connectivity index (χ0n) is 11.9. The normalized spacial score (nSPS) is 26.2. The summed E-state index contributed by atoms with van der Waals surface area (Å²) < 4.78 is 5.08. The Labute approximate surface area is 115 Å². The second-order valence-corrected chi connectivity index (χ2v) is 5.21. The van der Waals surface area contributed by atoms with Crippen LogP contribution in [-0.2, 0) is 14.3 Å². The number of esters is 1. The molecule has 1 aliphatic carbocycles. The van der Waals surface area contributed by atoms with E-state index < -0.39 is 11.3 Å². The first-order chi connectivity index (χ1) is 9.12. The zero-order valence-corrected chi connectivity index (χ0v) is 11.9. The highest BCUT2D eigenvalue weighted by Crippen LogP contribution is 2.47. The minimum absolute atomic E-state index is 0.0724. The van der Waals surface area contributed by atoms with Crippen LogP contribution in [0.25, 0.3) is 0 Å². The van der Waals surface area contributed by atoms with Gasteiger partial charge in [-0.25, -0.2) is 0 Å². The molecular weight excluding hydrogens is 242 g/mol. The molecule has 0 aromatic heterocycles. The third-order valence-corrected chi connectivity index (χ3v) is 4.07. The first kappa shape index (κ1) is 15.7. The molecule has 0 amide bonds. The molecule has 2 atom stereocenters. The monoisotopic (exact) mass is 265 g/mol. The lowest BCUT2D eigenvalue weighted by Gasteiger charge is -2.30. The lowest BCUT2D eigenvalue weighted by molar-refractivity contribution is -0.154. The van der Waals surface area contributed by atoms with Gasteiger partial charge in [0, 0.05) is 12.8 Å². The van der Waals surface area contributed by atoms with Crippen molar-refractivity contribution in [2.24, 2.45) is 11.3 Å². The Morgan fingerprint density at radius 1 is 1.47 bits per heavy atom. The fourth-order valence-corrected chi connectivity index (χ4v) is 3.04. The summed E-state index contributed by atoms with van der Waals surface area (Å²) in [7, 11) is 0. The number of carbonyl (C=O) groups excluding carboxylic acids is 2. The smallest absolute Gasteiger partial charge is 0.309 e. The maximum Gasteiger partial charge on any atom is 0.309 e. The minimum atomic E-state index is -0.782. The minimum Gasteiger partial charge on any atom is -0.466 e. The third kappa shape index (κ3) is 3.34. The lowest BCUT2D eigenvalue weighted by Crippen LogP contribution is -2.37. The molecule has 0 aromatic rings. The molecule has 0 aromatic carbocycles. The van der Waals surface area contributed by atoms with Crippen molar-refractivity contribution >= 4 is 11.8 Å². The molecule has 1 rings (SSSR count). The van der Waals surface area contributed by atoms with Crippen LogP contribution in [0.2, 0.25) is 0 Å². The number of nitriles is 1. The maximum atomic E-state index is 12.2. The summed E-state index contributed by atoms with van der Waals surface area (Å²) in [5.41, 5.74) is -0.782. The van der Waals surface area contributed by atoms with E-state index in [1.807, 2.05) is 0 Å². The largest absolute Gasteiger partial charge is 0.466 e. The molecule has 1 aliphatic rings. The molecule has 0 saturated heterocycles. The molecule has 106 valence electrons. The number of hydrogen-bond acceptors (Lipinski definition) is 4. The van der Waals surface area contributed by atoms with E-state index in [1.165, 1.54) is 0 Å². The van der Waals surface area contributed by atoms with Crippen LogP contribution in [0.4, 0.5) is 0 Å². The van der Waals surface area contributed by atoms with Crippen LogP contribution in [0.3, 0.4) is 0 Å². The van der Waals surface area contributed by atoms with E-state index >= 15 is 0 Å². The molecule has 0 aliphatic heterocycles. The molecule has 0 radical (unpaired) electrons. The summed E-state index contributed by atoms with van der Waals surface area (Å²) in [6, 6.07) is 2.11. The van der Waals surface area contributed by atoms with Crippen LogP contribution in [0.5, 0.6) is 0 Å². The van der Waals surface area contributed by atoms with Crippen LogP contribution in [0.15, 0.2) is 0 Å². The first-order valence-electron chi connectivity index (χ1n) is 7.19. The van der Waals surface area contributed by atoms with Crippen LogP contribution in [0.1, 0.15) is 58.8 Å². The van der Waals surface area contributed by atoms with Crippen molar-refractivity contribution < 1.29 is 14.3 Å². The predicted octanol–water partition coefficient (Wildman–Crippen LogP) is 3.01. The molecule has 0 spiro atoms. The van der Waals surface area contributed by atoms with Gasteiger partial charge in [0.1, 0.15) is 5.78 Å². The number of carbonyl (C=O) groups is 2. The highest BCUT2D eigenvalue weighted by atomic mass is 16.5. The summed E-state index contributed by atoms with van der Waals surface area (Å²) in [5.74, 6) is -0.653. The second-order valence-electron chi connectivity index (χ2n) is 5.21. The van der Waals surface area contributed by atoms with E-state index in [-0.39, 0.29) is 18.2 Å². The molecule has 19 heavy (non-hydrogen) atoms. The van der Waals surface area contributed by atoms with Gasteiger partial charge >= 0.3 is 5.97 Å². The van der Waals surface area contributed by atoms with Crippen molar-refractivity contribution in [2.45, 2.75) is 58.8 Å². The van der Waals surface area contributed by atoms with Crippen LogP contribution < -0.4 is 0 Å². The summed E-state index contributed by atoms with van der Waals surface area (Å²) >= 11 is 0. The SMILES string of the molecule is CCCCCC1(CC#N)C(=O)CCC1C(=O)OCC. The summed E-state index contributed by atoms with van der Waals surface area (Å²) in [5, 5.41) is 9.04. The van der Waals surface area contributed by atoms with E-state index in [9.17, 15) is 9.59 Å². The number of hydrogen-bond donors (Lipinski definition) is 0. The number of ketones is 1. The van der Waals surface area contributed by atoms with Gasteiger partial charge in [0.2, 0.25) is 0 Å². The average molecular weight is 265 g/mol. The fraction of sp³-hybridized carbons (Fsp3) is 0.800. The van der Waals surface area contributed by atoms with Crippen molar-refractivity contribution in [1.29, 1.82) is 5.26 Å². The third-order valence-electron chi connectivity index (χ3n) is 4.07. The van der Waals surface area contributed by atoms with Crippen LogP contribution in [0, 0.1) is 22.7 Å². The van der Waals surface area contributed by atoms with Gasteiger partial charge in [-0.1, -0.05) is 26.2 Å². The van der Waals surface area contributed by atoms with Crippen molar-refractivity contribution in [3.05, 3.63) is 0 Å². The number of nitrogens with zero attached hydrogens (tertiary/aromatic N) is 1. The van der Waals surface area contributed by atoms with Crippen molar-refractivity contribution in [3.63, 3.8) is 0 Å². The highest BCUT2D eigenvalue weighted by Gasteiger charge is 2.52. The molecule has 4 heteroatoms. The molecule has 2 unspecified atom stereocenters. The Morgan fingerprint density at radius 3 is 2.79 bits per heavy atom. The number of Topliss-reactive ketones (excluding diaryl/α,β-unsaturated/α-hetero) is 1. The second kappa shape index (κ2) is 7.28. The Balaban J connectivity index is 2.90. The van der Waals surface area contributed by atoms with Gasteiger partial charge in [-0.2, -0.15) is 5.26 Å². The quantitative estimate of drug-likeness (QED) is 0.524. The van der Waals surface area contributed by atoms with E-state index in [1.54, 1.807) is 6.92 Å². The van der Waals surface area contributed by atoms with E-state index in [0.29, 0.717) is 25.9 Å². The highest BCUT2D eigenvalue weighted by molar-refractivity contribution is 5.93. The van der Waals surface area contributed by atoms with Gasteiger partial charge in [-0.3, -0.25) is 9.59 Å². The molecule has 1 saturated carbocycles. The zero-order chi connectivity index (χ0) is 14.3. The molecule has 0 N–H and O–H groups in total. The Bertz CT molecular complexity index is 372. The van der Waals surface area contributed by atoms with Crippen molar-refractivity contribution in [3.8, 4) is 6.07 Å².